The van der Waals surface area contributed by atoms with Crippen molar-refractivity contribution in [2.45, 2.75) is 11.8 Å². The SMILES string of the molecule is Cc1ccc(S(=O)(=O)N2CCOCC2)cc1NC(=O)c1cc(F)c(F)cc1Cl. The van der Waals surface area contributed by atoms with Gasteiger partial charge in [0.1, 0.15) is 0 Å². The average molecular weight is 431 g/mol. The van der Waals surface area contributed by atoms with E-state index in [1.54, 1.807) is 13.0 Å². The smallest absolute Gasteiger partial charge is 0.257 e. The van der Waals surface area contributed by atoms with Gasteiger partial charge in [0.25, 0.3) is 5.91 Å². The van der Waals surface area contributed by atoms with Crippen molar-refractivity contribution in [1.29, 1.82) is 0 Å². The summed E-state index contributed by atoms with van der Waals surface area (Å²) in [6.45, 7) is 2.77. The third-order valence-corrected chi connectivity index (χ3v) is 6.53. The quantitative estimate of drug-likeness (QED) is 0.756. The minimum Gasteiger partial charge on any atom is -0.379 e. The molecule has 0 aromatic heterocycles. The maximum atomic E-state index is 13.5. The van der Waals surface area contributed by atoms with Crippen molar-refractivity contribution < 1.29 is 26.7 Å². The van der Waals surface area contributed by atoms with E-state index in [1.165, 1.54) is 16.4 Å². The van der Waals surface area contributed by atoms with Gasteiger partial charge in [0.2, 0.25) is 10.0 Å². The number of sulfonamides is 1. The predicted molar refractivity (Wildman–Crippen MR) is 100 cm³/mol. The first-order chi connectivity index (χ1) is 13.2. The summed E-state index contributed by atoms with van der Waals surface area (Å²) in [7, 11) is -3.76. The fourth-order valence-corrected chi connectivity index (χ4v) is 4.39. The zero-order valence-corrected chi connectivity index (χ0v) is 16.4. The Hall–Kier alpha value is -2.07. The zero-order chi connectivity index (χ0) is 20.5. The molecule has 150 valence electrons. The highest BCUT2D eigenvalue weighted by Crippen LogP contribution is 2.26. The van der Waals surface area contributed by atoms with Crippen LogP contribution in [0, 0.1) is 18.6 Å². The number of rotatable bonds is 4. The largest absolute Gasteiger partial charge is 0.379 e. The molecule has 0 radical (unpaired) electrons. The minimum atomic E-state index is -3.76. The first kappa shape index (κ1) is 20.7. The number of carbonyl (C=O) groups excluding carboxylic acids is 1. The number of hydrogen-bond donors (Lipinski definition) is 1. The zero-order valence-electron chi connectivity index (χ0n) is 14.8. The Morgan fingerprint density at radius 1 is 1.14 bits per heavy atom. The molecule has 1 aliphatic rings. The second-order valence-electron chi connectivity index (χ2n) is 6.19. The fourth-order valence-electron chi connectivity index (χ4n) is 2.72. The second kappa shape index (κ2) is 8.12. The molecule has 1 saturated heterocycles. The number of nitrogens with zero attached hydrogens (tertiary/aromatic N) is 1. The molecule has 0 bridgehead atoms. The van der Waals surface area contributed by atoms with E-state index in [9.17, 15) is 22.0 Å². The highest BCUT2D eigenvalue weighted by atomic mass is 35.5. The van der Waals surface area contributed by atoms with Gasteiger partial charge in [-0.05, 0) is 36.8 Å². The molecule has 1 aliphatic heterocycles. The summed E-state index contributed by atoms with van der Waals surface area (Å²) in [6, 6.07) is 5.72. The lowest BCUT2D eigenvalue weighted by molar-refractivity contribution is 0.0730. The van der Waals surface area contributed by atoms with Crippen molar-refractivity contribution in [2.75, 3.05) is 31.6 Å². The first-order valence-electron chi connectivity index (χ1n) is 8.34. The van der Waals surface area contributed by atoms with Gasteiger partial charge in [-0.1, -0.05) is 17.7 Å². The Labute approximate surface area is 166 Å². The van der Waals surface area contributed by atoms with E-state index in [0.29, 0.717) is 30.9 Å². The molecular formula is C18H17ClF2N2O4S. The average Bonchev–Trinajstić information content (AvgIpc) is 2.67. The van der Waals surface area contributed by atoms with Gasteiger partial charge in [-0.25, -0.2) is 17.2 Å². The summed E-state index contributed by atoms with van der Waals surface area (Å²) in [5.74, 6) is -3.17. The van der Waals surface area contributed by atoms with Crippen LogP contribution in [0.2, 0.25) is 5.02 Å². The Morgan fingerprint density at radius 3 is 2.46 bits per heavy atom. The number of hydrogen-bond acceptors (Lipinski definition) is 4. The molecule has 1 amide bonds. The molecule has 2 aromatic carbocycles. The van der Waals surface area contributed by atoms with Gasteiger partial charge in [0, 0.05) is 18.8 Å². The molecule has 0 saturated carbocycles. The number of aryl methyl sites for hydroxylation is 1. The number of anilines is 1. The lowest BCUT2D eigenvalue weighted by Gasteiger charge is -2.26. The van der Waals surface area contributed by atoms with Gasteiger partial charge in [0.05, 0.1) is 28.7 Å². The van der Waals surface area contributed by atoms with E-state index in [-0.39, 0.29) is 34.3 Å². The number of halogens is 3. The Bertz CT molecular complexity index is 1020. The molecule has 0 spiro atoms. The van der Waals surface area contributed by atoms with E-state index in [1.807, 2.05) is 0 Å². The van der Waals surface area contributed by atoms with Crippen LogP contribution in [0.15, 0.2) is 35.2 Å². The summed E-state index contributed by atoms with van der Waals surface area (Å²) in [4.78, 5) is 12.5. The Balaban J connectivity index is 1.90. The Morgan fingerprint density at radius 2 is 1.79 bits per heavy atom. The molecular weight excluding hydrogens is 414 g/mol. The highest BCUT2D eigenvalue weighted by Gasteiger charge is 2.27. The Kier molecular flexibility index (Phi) is 5.99. The van der Waals surface area contributed by atoms with Gasteiger partial charge in [0.15, 0.2) is 11.6 Å². The van der Waals surface area contributed by atoms with Crippen LogP contribution >= 0.6 is 11.6 Å². The van der Waals surface area contributed by atoms with Crippen molar-refractivity contribution in [3.8, 4) is 0 Å². The van der Waals surface area contributed by atoms with Crippen LogP contribution in [-0.4, -0.2) is 44.9 Å². The van der Waals surface area contributed by atoms with Crippen molar-refractivity contribution in [3.05, 3.63) is 58.1 Å². The minimum absolute atomic E-state index is 0.00619. The van der Waals surface area contributed by atoms with Crippen LogP contribution < -0.4 is 5.32 Å². The molecule has 6 nitrogen and oxygen atoms in total. The lowest BCUT2D eigenvalue weighted by Crippen LogP contribution is -2.40. The van der Waals surface area contributed by atoms with Gasteiger partial charge in [-0.2, -0.15) is 4.31 Å². The number of carbonyl (C=O) groups is 1. The van der Waals surface area contributed by atoms with E-state index in [0.717, 1.165) is 0 Å². The van der Waals surface area contributed by atoms with Gasteiger partial charge < -0.3 is 10.1 Å². The first-order valence-corrected chi connectivity index (χ1v) is 10.2. The predicted octanol–water partition coefficient (Wildman–Crippen LogP) is 3.20. The third-order valence-electron chi connectivity index (χ3n) is 4.32. The van der Waals surface area contributed by atoms with E-state index < -0.39 is 27.6 Å². The topological polar surface area (TPSA) is 75.7 Å². The van der Waals surface area contributed by atoms with Crippen LogP contribution in [0.3, 0.4) is 0 Å². The summed E-state index contributed by atoms with van der Waals surface area (Å²) < 4.78 is 58.7. The second-order valence-corrected chi connectivity index (χ2v) is 8.54. The molecule has 0 aliphatic carbocycles. The molecule has 1 N–H and O–H groups in total. The number of benzene rings is 2. The maximum Gasteiger partial charge on any atom is 0.257 e. The molecule has 0 unspecified atom stereocenters. The van der Waals surface area contributed by atoms with E-state index >= 15 is 0 Å². The maximum absolute atomic E-state index is 13.5. The van der Waals surface area contributed by atoms with Gasteiger partial charge in [-0.15, -0.1) is 0 Å². The molecule has 3 rings (SSSR count). The number of ether oxygens (including phenoxy) is 1. The number of morpholine rings is 1. The molecule has 1 heterocycles. The van der Waals surface area contributed by atoms with Crippen LogP contribution in [-0.2, 0) is 14.8 Å². The fraction of sp³-hybridized carbons (Fsp3) is 0.278. The van der Waals surface area contributed by atoms with Crippen molar-refractivity contribution in [1.82, 2.24) is 4.31 Å². The van der Waals surface area contributed by atoms with Crippen LogP contribution in [0.5, 0.6) is 0 Å². The summed E-state index contributed by atoms with van der Waals surface area (Å²) in [6.07, 6.45) is 0. The summed E-state index contributed by atoms with van der Waals surface area (Å²) in [5.41, 5.74) is 0.550. The monoisotopic (exact) mass is 430 g/mol. The molecule has 10 heteroatoms. The van der Waals surface area contributed by atoms with Crippen LogP contribution in [0.4, 0.5) is 14.5 Å². The number of amides is 1. The lowest BCUT2D eigenvalue weighted by atomic mass is 10.1. The highest BCUT2D eigenvalue weighted by molar-refractivity contribution is 7.89. The molecule has 2 aromatic rings. The van der Waals surface area contributed by atoms with E-state index in [2.05, 4.69) is 5.32 Å². The standard InChI is InChI=1S/C18H17ClF2N2O4S/c1-11-2-3-12(28(25,26)23-4-6-27-7-5-23)8-17(11)22-18(24)13-9-15(20)16(21)10-14(13)19/h2-3,8-10H,4-7H2,1H3,(H,22,24). The van der Waals surface area contributed by atoms with Gasteiger partial charge >= 0.3 is 0 Å². The summed E-state index contributed by atoms with van der Waals surface area (Å²) in [5, 5.41) is 2.25. The van der Waals surface area contributed by atoms with E-state index in [4.69, 9.17) is 16.3 Å². The van der Waals surface area contributed by atoms with Crippen LogP contribution in [0.1, 0.15) is 15.9 Å². The van der Waals surface area contributed by atoms with Crippen molar-refractivity contribution in [3.63, 3.8) is 0 Å². The van der Waals surface area contributed by atoms with Gasteiger partial charge in [-0.3, -0.25) is 4.79 Å². The number of nitrogens with one attached hydrogen (secondary N) is 1. The normalized spacial score (nSPS) is 15.4. The summed E-state index contributed by atoms with van der Waals surface area (Å²) >= 11 is 5.83. The van der Waals surface area contributed by atoms with Crippen molar-refractivity contribution >= 4 is 33.2 Å². The molecule has 1 fully saturated rings. The third kappa shape index (κ3) is 4.17. The molecule has 28 heavy (non-hydrogen) atoms. The van der Waals surface area contributed by atoms with Crippen molar-refractivity contribution in [2.24, 2.45) is 0 Å². The van der Waals surface area contributed by atoms with Crippen LogP contribution in [0.25, 0.3) is 0 Å². The molecule has 0 atom stereocenters.